The van der Waals surface area contributed by atoms with Gasteiger partial charge in [0.25, 0.3) is 0 Å². The zero-order valence-electron chi connectivity index (χ0n) is 13.2. The minimum absolute atomic E-state index is 0.0723. The molecule has 21 heavy (non-hydrogen) atoms. The SMILES string of the molecule is CCCNc1ncnc(NC2C(C)(C)C2(C)C)c1[N+](=O)[O-]. The molecule has 0 bridgehead atoms. The molecule has 2 rings (SSSR count). The van der Waals surface area contributed by atoms with Gasteiger partial charge in [0.15, 0.2) is 0 Å². The summed E-state index contributed by atoms with van der Waals surface area (Å²) in [6, 6.07) is 0.151. The Kier molecular flexibility index (Phi) is 3.78. The Morgan fingerprint density at radius 1 is 1.24 bits per heavy atom. The molecule has 1 aromatic heterocycles. The third-order valence-electron chi connectivity index (χ3n) is 4.85. The predicted octanol–water partition coefficient (Wildman–Crippen LogP) is 3.05. The molecule has 1 saturated carbocycles. The van der Waals surface area contributed by atoms with Gasteiger partial charge in [-0.15, -0.1) is 0 Å². The number of aromatic nitrogens is 2. The normalized spacial score (nSPS) is 19.1. The van der Waals surface area contributed by atoms with E-state index in [1.165, 1.54) is 6.33 Å². The van der Waals surface area contributed by atoms with Gasteiger partial charge in [0.1, 0.15) is 6.33 Å². The lowest BCUT2D eigenvalue weighted by molar-refractivity contribution is -0.383. The molecule has 0 aromatic carbocycles. The number of nitrogens with zero attached hydrogens (tertiary/aromatic N) is 3. The van der Waals surface area contributed by atoms with Crippen LogP contribution in [0.1, 0.15) is 41.0 Å². The number of hydrogen-bond donors (Lipinski definition) is 2. The lowest BCUT2D eigenvalue weighted by atomic mass is 10.0. The van der Waals surface area contributed by atoms with Crippen molar-refractivity contribution in [3.05, 3.63) is 16.4 Å². The van der Waals surface area contributed by atoms with Gasteiger partial charge < -0.3 is 10.6 Å². The van der Waals surface area contributed by atoms with Crippen LogP contribution in [0.2, 0.25) is 0 Å². The molecular formula is C14H23N5O2. The first-order chi connectivity index (χ1) is 9.73. The monoisotopic (exact) mass is 293 g/mol. The molecule has 0 amide bonds. The molecule has 0 aliphatic heterocycles. The molecule has 7 nitrogen and oxygen atoms in total. The highest BCUT2D eigenvalue weighted by atomic mass is 16.6. The summed E-state index contributed by atoms with van der Waals surface area (Å²) in [4.78, 5) is 19.0. The first kappa shape index (κ1) is 15.5. The highest BCUT2D eigenvalue weighted by Gasteiger charge is 2.65. The van der Waals surface area contributed by atoms with Crippen LogP contribution in [0.25, 0.3) is 0 Å². The minimum atomic E-state index is -0.428. The van der Waals surface area contributed by atoms with Crippen LogP contribution in [0.15, 0.2) is 6.33 Å². The number of rotatable bonds is 6. The molecule has 1 aliphatic carbocycles. The second kappa shape index (κ2) is 5.13. The van der Waals surface area contributed by atoms with Gasteiger partial charge in [-0.05, 0) is 17.3 Å². The number of nitrogens with one attached hydrogen (secondary N) is 2. The fraction of sp³-hybridized carbons (Fsp3) is 0.714. The van der Waals surface area contributed by atoms with E-state index in [4.69, 9.17) is 0 Å². The highest BCUT2D eigenvalue weighted by molar-refractivity contribution is 5.70. The summed E-state index contributed by atoms with van der Waals surface area (Å²) in [5, 5.41) is 17.6. The van der Waals surface area contributed by atoms with E-state index in [9.17, 15) is 10.1 Å². The first-order valence-electron chi connectivity index (χ1n) is 7.23. The van der Waals surface area contributed by atoms with Crippen molar-refractivity contribution in [2.75, 3.05) is 17.2 Å². The Hall–Kier alpha value is -1.92. The van der Waals surface area contributed by atoms with Crippen LogP contribution in [0.4, 0.5) is 17.3 Å². The highest BCUT2D eigenvalue weighted by Crippen LogP contribution is 2.64. The molecule has 0 radical (unpaired) electrons. The van der Waals surface area contributed by atoms with Gasteiger partial charge in [-0.1, -0.05) is 34.6 Å². The Morgan fingerprint density at radius 3 is 2.29 bits per heavy atom. The molecule has 116 valence electrons. The van der Waals surface area contributed by atoms with Crippen molar-refractivity contribution in [1.82, 2.24) is 9.97 Å². The Labute approximate surface area is 124 Å². The molecule has 0 saturated heterocycles. The summed E-state index contributed by atoms with van der Waals surface area (Å²) in [5.74, 6) is 0.563. The smallest absolute Gasteiger partial charge is 0.353 e. The summed E-state index contributed by atoms with van der Waals surface area (Å²) < 4.78 is 0. The van der Waals surface area contributed by atoms with Crippen LogP contribution in [-0.2, 0) is 0 Å². The molecular weight excluding hydrogens is 270 g/mol. The number of nitro groups is 1. The topological polar surface area (TPSA) is 93.0 Å². The van der Waals surface area contributed by atoms with Crippen LogP contribution in [0.3, 0.4) is 0 Å². The first-order valence-corrected chi connectivity index (χ1v) is 7.23. The zero-order chi connectivity index (χ0) is 15.8. The molecule has 0 spiro atoms. The third kappa shape index (κ3) is 2.52. The molecule has 2 N–H and O–H groups in total. The largest absolute Gasteiger partial charge is 0.364 e. The molecule has 7 heteroatoms. The van der Waals surface area contributed by atoms with E-state index in [0.717, 1.165) is 6.42 Å². The average molecular weight is 293 g/mol. The van der Waals surface area contributed by atoms with Gasteiger partial charge >= 0.3 is 5.69 Å². The molecule has 1 aliphatic rings. The van der Waals surface area contributed by atoms with Gasteiger partial charge in [-0.2, -0.15) is 0 Å². The van der Waals surface area contributed by atoms with E-state index in [1.54, 1.807) is 0 Å². The summed E-state index contributed by atoms with van der Waals surface area (Å²) in [6.45, 7) is 11.2. The molecule has 1 fully saturated rings. The molecule has 0 atom stereocenters. The second-order valence-corrected chi connectivity index (χ2v) is 6.62. The average Bonchev–Trinajstić information content (AvgIpc) is 2.78. The maximum absolute atomic E-state index is 11.4. The van der Waals surface area contributed by atoms with Crippen molar-refractivity contribution >= 4 is 17.3 Å². The molecule has 1 heterocycles. The zero-order valence-corrected chi connectivity index (χ0v) is 13.2. The Bertz CT molecular complexity index is 542. The van der Waals surface area contributed by atoms with Crippen LogP contribution < -0.4 is 10.6 Å². The quantitative estimate of drug-likeness (QED) is 0.618. The van der Waals surface area contributed by atoms with Gasteiger partial charge in [-0.25, -0.2) is 9.97 Å². The van der Waals surface area contributed by atoms with E-state index in [2.05, 4.69) is 48.3 Å². The van der Waals surface area contributed by atoms with E-state index >= 15 is 0 Å². The third-order valence-corrected chi connectivity index (χ3v) is 4.85. The van der Waals surface area contributed by atoms with Crippen LogP contribution in [0, 0.1) is 20.9 Å². The van der Waals surface area contributed by atoms with Gasteiger partial charge in [0.05, 0.1) is 4.92 Å². The van der Waals surface area contributed by atoms with E-state index in [1.807, 2.05) is 6.92 Å². The van der Waals surface area contributed by atoms with E-state index in [0.29, 0.717) is 6.54 Å². The summed E-state index contributed by atoms with van der Waals surface area (Å²) in [7, 11) is 0. The van der Waals surface area contributed by atoms with Crippen LogP contribution in [-0.4, -0.2) is 27.5 Å². The Balaban J connectivity index is 2.30. The van der Waals surface area contributed by atoms with E-state index in [-0.39, 0.29) is 34.2 Å². The summed E-state index contributed by atoms with van der Waals surface area (Å²) >= 11 is 0. The van der Waals surface area contributed by atoms with Crippen molar-refractivity contribution in [1.29, 1.82) is 0 Å². The maximum Gasteiger partial charge on any atom is 0.353 e. The van der Waals surface area contributed by atoms with Gasteiger partial charge in [-0.3, -0.25) is 10.1 Å². The fourth-order valence-corrected chi connectivity index (χ4v) is 2.72. The van der Waals surface area contributed by atoms with Gasteiger partial charge in [0.2, 0.25) is 11.6 Å². The summed E-state index contributed by atoms with van der Waals surface area (Å²) in [6.07, 6.45) is 2.22. The van der Waals surface area contributed by atoms with Crippen molar-refractivity contribution in [2.45, 2.75) is 47.1 Å². The van der Waals surface area contributed by atoms with Crippen molar-refractivity contribution < 1.29 is 4.92 Å². The van der Waals surface area contributed by atoms with Gasteiger partial charge in [0, 0.05) is 12.6 Å². The molecule has 0 unspecified atom stereocenters. The second-order valence-electron chi connectivity index (χ2n) is 6.62. The van der Waals surface area contributed by atoms with Crippen molar-refractivity contribution in [3.63, 3.8) is 0 Å². The maximum atomic E-state index is 11.4. The lowest BCUT2D eigenvalue weighted by Crippen LogP contribution is -2.15. The van der Waals surface area contributed by atoms with Crippen LogP contribution in [0.5, 0.6) is 0 Å². The van der Waals surface area contributed by atoms with E-state index < -0.39 is 4.92 Å². The van der Waals surface area contributed by atoms with Crippen molar-refractivity contribution in [2.24, 2.45) is 10.8 Å². The number of anilines is 2. The predicted molar refractivity (Wildman–Crippen MR) is 82.4 cm³/mol. The van der Waals surface area contributed by atoms with Crippen LogP contribution >= 0.6 is 0 Å². The van der Waals surface area contributed by atoms with Crippen molar-refractivity contribution in [3.8, 4) is 0 Å². The fourth-order valence-electron chi connectivity index (χ4n) is 2.72. The standard InChI is InChI=1S/C14H23N5O2/c1-6-7-15-10-9(19(20)21)11(17-8-16-10)18-12-13(2,3)14(12,4)5/h8,12H,6-7H2,1-5H3,(H2,15,16,17,18). The summed E-state index contributed by atoms with van der Waals surface area (Å²) in [5.41, 5.74) is 0.0653. The number of hydrogen-bond acceptors (Lipinski definition) is 6. The Morgan fingerprint density at radius 2 is 1.81 bits per heavy atom. The lowest BCUT2D eigenvalue weighted by Gasteiger charge is -2.10. The molecule has 1 aromatic rings. The minimum Gasteiger partial charge on any atom is -0.364 e.